The van der Waals surface area contributed by atoms with Crippen molar-refractivity contribution in [3.63, 3.8) is 0 Å². The van der Waals surface area contributed by atoms with Crippen LogP contribution in [0.2, 0.25) is 0 Å². The smallest absolute Gasteiger partial charge is 0.409 e. The summed E-state index contributed by atoms with van der Waals surface area (Å²) in [7, 11) is 1.38. The average molecular weight is 250 g/mol. The van der Waals surface area contributed by atoms with Crippen molar-refractivity contribution >= 4 is 11.8 Å². The third kappa shape index (κ3) is 1.70. The van der Waals surface area contributed by atoms with Crippen LogP contribution in [0.5, 0.6) is 0 Å². The lowest BCUT2D eigenvalue weighted by atomic mass is 9.89. The van der Waals surface area contributed by atoms with Gasteiger partial charge >= 0.3 is 6.09 Å². The zero-order valence-electron chi connectivity index (χ0n) is 10.1. The van der Waals surface area contributed by atoms with Crippen LogP contribution in [0.15, 0.2) is 18.2 Å². The molecule has 1 saturated heterocycles. The molecule has 0 radical (unpaired) electrons. The van der Waals surface area contributed by atoms with E-state index in [9.17, 15) is 9.18 Å². The minimum Gasteiger partial charge on any atom is -0.453 e. The Balaban J connectivity index is 1.87. The normalized spacial score (nSPS) is 25.1. The number of ether oxygens (including phenoxy) is 1. The summed E-state index contributed by atoms with van der Waals surface area (Å²) < 4.78 is 18.1. The maximum atomic E-state index is 13.3. The summed E-state index contributed by atoms with van der Waals surface area (Å²) in [6.45, 7) is 1.26. The summed E-state index contributed by atoms with van der Waals surface area (Å²) in [5.74, 6) is -0.0741. The first-order chi connectivity index (χ1) is 8.69. The first kappa shape index (κ1) is 11.3. The first-order valence-electron chi connectivity index (χ1n) is 6.08. The van der Waals surface area contributed by atoms with Gasteiger partial charge in [-0.3, -0.25) is 0 Å². The molecule has 96 valence electrons. The van der Waals surface area contributed by atoms with Crippen molar-refractivity contribution < 1.29 is 13.9 Å². The molecule has 0 aromatic heterocycles. The number of carbonyl (C=O) groups is 1. The fourth-order valence-electron chi connectivity index (χ4n) is 2.91. The molecule has 2 aliphatic rings. The van der Waals surface area contributed by atoms with E-state index in [1.165, 1.54) is 13.2 Å². The molecule has 2 heterocycles. The van der Waals surface area contributed by atoms with Gasteiger partial charge in [-0.2, -0.15) is 0 Å². The highest BCUT2D eigenvalue weighted by molar-refractivity contribution is 5.69. The van der Waals surface area contributed by atoms with Gasteiger partial charge in [-0.05, 0) is 30.2 Å². The number of rotatable bonds is 0. The molecule has 5 heteroatoms. The summed E-state index contributed by atoms with van der Waals surface area (Å²) in [4.78, 5) is 13.2. The Morgan fingerprint density at radius 2 is 2.39 bits per heavy atom. The van der Waals surface area contributed by atoms with E-state index >= 15 is 0 Å². The zero-order chi connectivity index (χ0) is 12.7. The molecule has 4 nitrogen and oxygen atoms in total. The van der Waals surface area contributed by atoms with Crippen LogP contribution in [-0.4, -0.2) is 37.2 Å². The lowest BCUT2D eigenvalue weighted by molar-refractivity contribution is 0.110. The number of likely N-dealkylation sites (tertiary alicyclic amines) is 1. The van der Waals surface area contributed by atoms with Gasteiger partial charge in [-0.25, -0.2) is 9.18 Å². The first-order valence-corrected chi connectivity index (χ1v) is 6.08. The minimum absolute atomic E-state index is 0.156. The summed E-state index contributed by atoms with van der Waals surface area (Å²) in [6, 6.07) is 5.09. The number of methoxy groups -OCH3 is 1. The molecule has 1 fully saturated rings. The standard InChI is InChI=1S/C13H15FN2O2/c1-18-13(17)16-5-4-12-10(7-16)9-6-8(14)2-3-11(9)15-12/h2-3,6,10,12,15H,4-5,7H2,1H3/t10-,12+/m0/s1. The van der Waals surface area contributed by atoms with Gasteiger partial charge in [0, 0.05) is 30.7 Å². The van der Waals surface area contributed by atoms with E-state index in [4.69, 9.17) is 4.74 Å². The number of nitrogens with zero attached hydrogens (tertiary/aromatic N) is 1. The van der Waals surface area contributed by atoms with Gasteiger partial charge in [0.25, 0.3) is 0 Å². The van der Waals surface area contributed by atoms with Gasteiger partial charge in [0.05, 0.1) is 7.11 Å². The molecule has 1 amide bonds. The second-order valence-corrected chi connectivity index (χ2v) is 4.79. The third-order valence-corrected chi connectivity index (χ3v) is 3.80. The van der Waals surface area contributed by atoms with E-state index in [1.807, 2.05) is 0 Å². The van der Waals surface area contributed by atoms with Crippen molar-refractivity contribution in [1.29, 1.82) is 0 Å². The van der Waals surface area contributed by atoms with E-state index in [1.54, 1.807) is 17.0 Å². The van der Waals surface area contributed by atoms with Crippen molar-refractivity contribution in [3.05, 3.63) is 29.6 Å². The largest absolute Gasteiger partial charge is 0.453 e. The highest BCUT2D eigenvalue weighted by atomic mass is 19.1. The minimum atomic E-state index is -0.307. The summed E-state index contributed by atoms with van der Waals surface area (Å²) in [6.07, 6.45) is 0.550. The number of hydrogen-bond donors (Lipinski definition) is 1. The molecule has 0 saturated carbocycles. The van der Waals surface area contributed by atoms with Gasteiger partial charge in [0.1, 0.15) is 5.82 Å². The third-order valence-electron chi connectivity index (χ3n) is 3.80. The monoisotopic (exact) mass is 250 g/mol. The van der Waals surface area contributed by atoms with Gasteiger partial charge in [0.2, 0.25) is 0 Å². The molecule has 0 unspecified atom stereocenters. The van der Waals surface area contributed by atoms with Gasteiger partial charge < -0.3 is 15.0 Å². The maximum Gasteiger partial charge on any atom is 0.409 e. The van der Waals surface area contributed by atoms with Crippen molar-refractivity contribution in [2.24, 2.45) is 0 Å². The highest BCUT2D eigenvalue weighted by Gasteiger charge is 2.38. The molecular weight excluding hydrogens is 235 g/mol. The Morgan fingerprint density at radius 1 is 1.56 bits per heavy atom. The van der Waals surface area contributed by atoms with Gasteiger partial charge in [-0.15, -0.1) is 0 Å². The number of hydrogen-bond acceptors (Lipinski definition) is 3. The summed E-state index contributed by atoms with van der Waals surface area (Å²) >= 11 is 0. The fraction of sp³-hybridized carbons (Fsp3) is 0.462. The van der Waals surface area contributed by atoms with Crippen LogP contribution in [0, 0.1) is 5.82 Å². The molecule has 0 aliphatic carbocycles. The Kier molecular flexibility index (Phi) is 2.61. The molecule has 18 heavy (non-hydrogen) atoms. The van der Waals surface area contributed by atoms with Crippen molar-refractivity contribution in [2.75, 3.05) is 25.5 Å². The highest BCUT2D eigenvalue weighted by Crippen LogP contribution is 2.40. The lowest BCUT2D eigenvalue weighted by Crippen LogP contribution is -2.44. The van der Waals surface area contributed by atoms with Crippen molar-refractivity contribution in [2.45, 2.75) is 18.4 Å². The number of benzene rings is 1. The summed E-state index contributed by atoms with van der Waals surface area (Å²) in [5.41, 5.74) is 1.95. The second-order valence-electron chi connectivity index (χ2n) is 4.79. The van der Waals surface area contributed by atoms with Crippen LogP contribution in [0.1, 0.15) is 17.9 Å². The van der Waals surface area contributed by atoms with E-state index in [0.29, 0.717) is 19.1 Å². The van der Waals surface area contributed by atoms with Crippen LogP contribution in [0.25, 0.3) is 0 Å². The van der Waals surface area contributed by atoms with E-state index < -0.39 is 0 Å². The topological polar surface area (TPSA) is 41.6 Å². The molecule has 1 aromatic carbocycles. The predicted octanol–water partition coefficient (Wildman–Crippen LogP) is 2.18. The predicted molar refractivity (Wildman–Crippen MR) is 65.1 cm³/mol. The van der Waals surface area contributed by atoms with Crippen LogP contribution in [0.3, 0.4) is 0 Å². The molecular formula is C13H15FN2O2. The maximum absolute atomic E-state index is 13.3. The van der Waals surface area contributed by atoms with Gasteiger partial charge in [-0.1, -0.05) is 0 Å². The van der Waals surface area contributed by atoms with E-state index in [-0.39, 0.29) is 17.8 Å². The Morgan fingerprint density at radius 3 is 3.17 bits per heavy atom. The zero-order valence-corrected chi connectivity index (χ0v) is 10.1. The molecule has 2 atom stereocenters. The second kappa shape index (κ2) is 4.15. The lowest BCUT2D eigenvalue weighted by Gasteiger charge is -2.34. The molecule has 0 bridgehead atoms. The Hall–Kier alpha value is -1.78. The number of amides is 1. The van der Waals surface area contributed by atoms with Crippen LogP contribution in [-0.2, 0) is 4.74 Å². The SMILES string of the molecule is COC(=O)N1CC[C@H]2Nc3ccc(F)cc3[C@@H]2C1. The van der Waals surface area contributed by atoms with Crippen LogP contribution >= 0.6 is 0 Å². The Bertz CT molecular complexity index is 492. The number of piperidine rings is 1. The number of carbonyl (C=O) groups excluding carboxylic acids is 1. The number of nitrogens with one attached hydrogen (secondary N) is 1. The summed E-state index contributed by atoms with van der Waals surface area (Å²) in [5, 5.41) is 3.40. The van der Waals surface area contributed by atoms with Gasteiger partial charge in [0.15, 0.2) is 0 Å². The van der Waals surface area contributed by atoms with E-state index in [0.717, 1.165) is 17.7 Å². The number of fused-ring (bicyclic) bond motifs is 3. The molecule has 0 spiro atoms. The van der Waals surface area contributed by atoms with Crippen LogP contribution in [0.4, 0.5) is 14.9 Å². The average Bonchev–Trinajstić information content (AvgIpc) is 2.75. The molecule has 1 N–H and O–H groups in total. The molecule has 3 rings (SSSR count). The molecule has 1 aromatic rings. The van der Waals surface area contributed by atoms with Crippen LogP contribution < -0.4 is 5.32 Å². The van der Waals surface area contributed by atoms with Crippen molar-refractivity contribution in [3.8, 4) is 0 Å². The molecule has 2 aliphatic heterocycles. The quantitative estimate of drug-likeness (QED) is 0.767. The number of halogens is 1. The number of anilines is 1. The van der Waals surface area contributed by atoms with Crippen molar-refractivity contribution in [1.82, 2.24) is 4.90 Å². The van der Waals surface area contributed by atoms with E-state index in [2.05, 4.69) is 5.32 Å². The Labute approximate surface area is 105 Å². The fourth-order valence-corrected chi connectivity index (χ4v) is 2.91.